The lowest BCUT2D eigenvalue weighted by Crippen LogP contribution is -2.25. The molecule has 0 bridgehead atoms. The zero-order chi connectivity index (χ0) is 22.5. The van der Waals surface area contributed by atoms with Gasteiger partial charge in [-0.2, -0.15) is 0 Å². The highest BCUT2D eigenvalue weighted by Crippen LogP contribution is 2.30. The third-order valence-electron chi connectivity index (χ3n) is 5.51. The lowest BCUT2D eigenvalue weighted by Gasteiger charge is -2.20. The van der Waals surface area contributed by atoms with Crippen molar-refractivity contribution in [2.45, 2.75) is 45.3 Å². The summed E-state index contributed by atoms with van der Waals surface area (Å²) in [5, 5.41) is 15.1. The minimum Gasteiger partial charge on any atom is -0.355 e. The Kier molecular flexibility index (Phi) is 6.92. The number of nitrogens with one attached hydrogen (secondary N) is 2. The van der Waals surface area contributed by atoms with Crippen molar-refractivity contribution >= 4 is 28.8 Å². The summed E-state index contributed by atoms with van der Waals surface area (Å²) < 4.78 is 0. The van der Waals surface area contributed by atoms with E-state index in [2.05, 4.69) is 32.7 Å². The van der Waals surface area contributed by atoms with E-state index in [1.807, 2.05) is 48.5 Å². The first kappa shape index (κ1) is 22.1. The summed E-state index contributed by atoms with van der Waals surface area (Å²) in [7, 11) is 1.63. The third kappa shape index (κ3) is 5.57. The van der Waals surface area contributed by atoms with E-state index in [0.717, 1.165) is 42.1 Å². The maximum Gasteiger partial charge on any atom is 0.286 e. The van der Waals surface area contributed by atoms with Gasteiger partial charge < -0.3 is 10.6 Å². The molecular weight excluding hydrogens is 422 g/mol. The number of aryl methyl sites for hydroxylation is 1. The van der Waals surface area contributed by atoms with Crippen LogP contribution in [-0.4, -0.2) is 40.0 Å². The Morgan fingerprint density at radius 1 is 0.969 bits per heavy atom. The average Bonchev–Trinajstić information content (AvgIpc) is 3.57. The van der Waals surface area contributed by atoms with Crippen LogP contribution in [0.4, 0.5) is 5.69 Å². The fourth-order valence-corrected chi connectivity index (χ4v) is 4.25. The second kappa shape index (κ2) is 10.0. The Hall–Kier alpha value is -3.10. The Balaban J connectivity index is 1.38. The van der Waals surface area contributed by atoms with Gasteiger partial charge in [0.15, 0.2) is 0 Å². The van der Waals surface area contributed by atoms with Crippen LogP contribution in [0.5, 0.6) is 0 Å². The fourth-order valence-electron chi connectivity index (χ4n) is 3.49. The third-order valence-corrected chi connectivity index (χ3v) is 6.42. The highest BCUT2D eigenvalue weighted by molar-refractivity contribution is 7.13. The number of carbonyl (C=O) groups is 2. The summed E-state index contributed by atoms with van der Waals surface area (Å²) in [6.07, 6.45) is 3.29. The summed E-state index contributed by atoms with van der Waals surface area (Å²) in [4.78, 5) is 26.7. The van der Waals surface area contributed by atoms with Gasteiger partial charge in [-0.3, -0.25) is 14.5 Å². The van der Waals surface area contributed by atoms with Crippen molar-refractivity contribution < 1.29 is 9.59 Å². The number of hydrogen-bond donors (Lipinski definition) is 2. The minimum atomic E-state index is -0.235. The van der Waals surface area contributed by atoms with Crippen LogP contribution in [0, 0.1) is 0 Å². The molecule has 1 aliphatic rings. The number of rotatable bonds is 9. The van der Waals surface area contributed by atoms with Gasteiger partial charge in [-0.25, -0.2) is 0 Å². The van der Waals surface area contributed by atoms with E-state index in [0.29, 0.717) is 23.2 Å². The standard InChI is InChI=1S/C24H27N5O2S/c1-3-16-6-10-19(11-7-16)26-23(31)24-28-27-21(32-24)15-29(20-12-13-20)14-17-4-8-18(9-5-17)22(30)25-2/h4-11,20H,3,12-15H2,1-2H3,(H,25,30)(H,26,31). The molecule has 2 amide bonds. The van der Waals surface area contributed by atoms with Gasteiger partial charge in [0, 0.05) is 30.9 Å². The SMILES string of the molecule is CCc1ccc(NC(=O)c2nnc(CN(Cc3ccc(C(=O)NC)cc3)C3CC3)s2)cc1. The largest absolute Gasteiger partial charge is 0.355 e. The van der Waals surface area contributed by atoms with Gasteiger partial charge >= 0.3 is 0 Å². The van der Waals surface area contributed by atoms with Gasteiger partial charge in [0.05, 0.1) is 6.54 Å². The fraction of sp³-hybridized carbons (Fsp3) is 0.333. The van der Waals surface area contributed by atoms with Gasteiger partial charge in [-0.1, -0.05) is 42.5 Å². The number of carbonyl (C=O) groups excluding carboxylic acids is 2. The Bertz CT molecular complexity index is 1070. The first-order valence-electron chi connectivity index (χ1n) is 10.8. The molecule has 1 saturated carbocycles. The van der Waals surface area contributed by atoms with Gasteiger partial charge in [-0.15, -0.1) is 10.2 Å². The molecule has 32 heavy (non-hydrogen) atoms. The molecule has 1 fully saturated rings. The number of aromatic nitrogens is 2. The Morgan fingerprint density at radius 3 is 2.28 bits per heavy atom. The number of nitrogens with zero attached hydrogens (tertiary/aromatic N) is 3. The van der Waals surface area contributed by atoms with E-state index >= 15 is 0 Å². The average molecular weight is 450 g/mol. The maximum absolute atomic E-state index is 12.6. The molecule has 0 saturated heterocycles. The van der Waals surface area contributed by atoms with Gasteiger partial charge in [-0.05, 0) is 54.7 Å². The highest BCUT2D eigenvalue weighted by Gasteiger charge is 2.30. The number of anilines is 1. The highest BCUT2D eigenvalue weighted by atomic mass is 32.1. The van der Waals surface area contributed by atoms with Crippen molar-refractivity contribution in [1.29, 1.82) is 0 Å². The number of benzene rings is 2. The van der Waals surface area contributed by atoms with Crippen LogP contribution < -0.4 is 10.6 Å². The topological polar surface area (TPSA) is 87.2 Å². The Labute approximate surface area is 191 Å². The normalized spacial score (nSPS) is 13.2. The predicted octanol–water partition coefficient (Wildman–Crippen LogP) is 3.88. The number of hydrogen-bond acceptors (Lipinski definition) is 6. The zero-order valence-electron chi connectivity index (χ0n) is 18.3. The maximum atomic E-state index is 12.6. The molecule has 0 radical (unpaired) electrons. The molecule has 166 valence electrons. The first-order valence-corrected chi connectivity index (χ1v) is 11.6. The van der Waals surface area contributed by atoms with Crippen molar-refractivity contribution in [3.63, 3.8) is 0 Å². The van der Waals surface area contributed by atoms with Gasteiger partial charge in [0.2, 0.25) is 5.01 Å². The predicted molar refractivity (Wildman–Crippen MR) is 126 cm³/mol. The van der Waals surface area contributed by atoms with Crippen LogP contribution in [0.1, 0.15) is 56.1 Å². The molecule has 2 N–H and O–H groups in total. The summed E-state index contributed by atoms with van der Waals surface area (Å²) in [6.45, 7) is 3.52. The van der Waals surface area contributed by atoms with E-state index < -0.39 is 0 Å². The summed E-state index contributed by atoms with van der Waals surface area (Å²) in [6, 6.07) is 16.0. The van der Waals surface area contributed by atoms with Crippen molar-refractivity contribution in [2.75, 3.05) is 12.4 Å². The van der Waals surface area contributed by atoms with E-state index in [9.17, 15) is 9.59 Å². The lowest BCUT2D eigenvalue weighted by atomic mass is 10.1. The van der Waals surface area contributed by atoms with E-state index in [1.165, 1.54) is 16.9 Å². The lowest BCUT2D eigenvalue weighted by molar-refractivity contribution is 0.0962. The zero-order valence-corrected chi connectivity index (χ0v) is 19.1. The molecule has 0 unspecified atom stereocenters. The minimum absolute atomic E-state index is 0.0865. The second-order valence-corrected chi connectivity index (χ2v) is 8.98. The molecule has 8 heteroatoms. The van der Waals surface area contributed by atoms with Crippen LogP contribution in [0.2, 0.25) is 0 Å². The molecule has 1 aliphatic carbocycles. The second-order valence-electron chi connectivity index (χ2n) is 7.92. The molecule has 0 aliphatic heterocycles. The molecule has 1 aromatic heterocycles. The molecule has 0 spiro atoms. The van der Waals surface area contributed by atoms with Crippen molar-refractivity contribution in [2.24, 2.45) is 0 Å². The summed E-state index contributed by atoms with van der Waals surface area (Å²) in [5.74, 6) is -0.322. The van der Waals surface area contributed by atoms with Crippen molar-refractivity contribution in [3.05, 3.63) is 75.2 Å². The van der Waals surface area contributed by atoms with Crippen LogP contribution in [0.25, 0.3) is 0 Å². The van der Waals surface area contributed by atoms with Crippen LogP contribution in [0.3, 0.4) is 0 Å². The smallest absolute Gasteiger partial charge is 0.286 e. The Morgan fingerprint density at radius 2 is 1.66 bits per heavy atom. The van der Waals surface area contributed by atoms with Crippen molar-refractivity contribution in [3.8, 4) is 0 Å². The quantitative estimate of drug-likeness (QED) is 0.518. The van der Waals surface area contributed by atoms with E-state index in [1.54, 1.807) is 7.05 Å². The molecule has 2 aromatic carbocycles. The van der Waals surface area contributed by atoms with Crippen LogP contribution >= 0.6 is 11.3 Å². The first-order chi connectivity index (χ1) is 15.6. The van der Waals surface area contributed by atoms with Gasteiger partial charge in [0.25, 0.3) is 11.8 Å². The summed E-state index contributed by atoms with van der Waals surface area (Å²) in [5.41, 5.74) is 3.77. The molecule has 4 rings (SSSR count). The molecule has 3 aromatic rings. The van der Waals surface area contributed by atoms with Crippen LogP contribution in [-0.2, 0) is 19.5 Å². The molecule has 1 heterocycles. The molecule has 0 atom stereocenters. The summed E-state index contributed by atoms with van der Waals surface area (Å²) >= 11 is 1.33. The van der Waals surface area contributed by atoms with Crippen molar-refractivity contribution in [1.82, 2.24) is 20.4 Å². The molecule has 7 nitrogen and oxygen atoms in total. The van der Waals surface area contributed by atoms with E-state index in [4.69, 9.17) is 0 Å². The molecular formula is C24H27N5O2S. The monoisotopic (exact) mass is 449 g/mol. The van der Waals surface area contributed by atoms with Gasteiger partial charge in [0.1, 0.15) is 5.01 Å². The van der Waals surface area contributed by atoms with E-state index in [-0.39, 0.29) is 11.8 Å². The number of amides is 2. The van der Waals surface area contributed by atoms with Crippen LogP contribution in [0.15, 0.2) is 48.5 Å².